The topological polar surface area (TPSA) is 80.9 Å². The first-order chi connectivity index (χ1) is 3.48. The Hall–Kier alpha value is -0.160. The maximum Gasteiger partial charge on any atom is 0.302 e. The van der Waals surface area contributed by atoms with Crippen molar-refractivity contribution in [3.8, 4) is 0 Å². The Balaban J connectivity index is 3.62. The minimum atomic E-state index is -2.94. The zero-order valence-corrected chi connectivity index (χ0v) is 4.57. The summed E-state index contributed by atoms with van der Waals surface area (Å²) in [4.78, 5) is 0. The van der Waals surface area contributed by atoms with Crippen molar-refractivity contribution >= 4 is 0 Å². The second-order valence-corrected chi connectivity index (χ2v) is 1.61. The van der Waals surface area contributed by atoms with Gasteiger partial charge in [0.1, 0.15) is 6.10 Å². The van der Waals surface area contributed by atoms with Crippen molar-refractivity contribution in [3.63, 3.8) is 0 Å². The Labute approximate surface area is 47.0 Å². The van der Waals surface area contributed by atoms with E-state index in [1.807, 2.05) is 0 Å². The lowest BCUT2D eigenvalue weighted by molar-refractivity contribution is -0.354. The zero-order valence-electron chi connectivity index (χ0n) is 4.57. The molecule has 0 aliphatic carbocycles. The maximum absolute atomic E-state index is 8.44. The molecule has 8 heavy (non-hydrogen) atoms. The normalized spacial score (nSPS) is 16.1. The van der Waals surface area contributed by atoms with Gasteiger partial charge in [-0.1, -0.05) is 6.92 Å². The summed E-state index contributed by atoms with van der Waals surface area (Å²) in [7, 11) is 0. The third-order valence-corrected chi connectivity index (χ3v) is 0.834. The molecule has 0 spiro atoms. The predicted octanol–water partition coefficient (Wildman–Crippen LogP) is -1.61. The smallest absolute Gasteiger partial charge is 0.302 e. The summed E-state index contributed by atoms with van der Waals surface area (Å²) in [6.45, 7) is 1.52. The minimum Gasteiger partial charge on any atom is -0.385 e. The Morgan fingerprint density at radius 2 is 1.75 bits per heavy atom. The van der Waals surface area contributed by atoms with Crippen LogP contribution in [0, 0.1) is 0 Å². The van der Waals surface area contributed by atoms with Crippen molar-refractivity contribution in [1.82, 2.24) is 0 Å². The van der Waals surface area contributed by atoms with E-state index < -0.39 is 12.1 Å². The van der Waals surface area contributed by atoms with Crippen LogP contribution in [-0.4, -0.2) is 32.5 Å². The third kappa shape index (κ3) is 2.23. The van der Waals surface area contributed by atoms with Gasteiger partial charge in [-0.05, 0) is 6.42 Å². The molecule has 50 valence electrons. The number of rotatable bonds is 2. The Morgan fingerprint density at radius 1 is 1.38 bits per heavy atom. The first kappa shape index (κ1) is 7.84. The lowest BCUT2D eigenvalue weighted by atomic mass is 10.2. The van der Waals surface area contributed by atoms with E-state index in [1.165, 1.54) is 6.92 Å². The van der Waals surface area contributed by atoms with Crippen LogP contribution < -0.4 is 0 Å². The molecule has 0 rings (SSSR count). The molecule has 0 bridgehead atoms. The standard InChI is InChI=1S/C4H10O4/c1-2-3(5)4(6,7)8/h3,5-8H,2H2,1H3/t3-/m0/s1. The molecule has 4 N–H and O–H groups in total. The van der Waals surface area contributed by atoms with Gasteiger partial charge in [0, 0.05) is 0 Å². The van der Waals surface area contributed by atoms with Crippen molar-refractivity contribution in [2.75, 3.05) is 0 Å². The molecule has 0 aromatic carbocycles. The predicted molar refractivity (Wildman–Crippen MR) is 25.7 cm³/mol. The van der Waals surface area contributed by atoms with Crippen LogP contribution in [0.25, 0.3) is 0 Å². The molecule has 1 atom stereocenters. The molecule has 0 fully saturated rings. The zero-order chi connectivity index (χ0) is 6.78. The molecule has 0 aromatic heterocycles. The summed E-state index contributed by atoms with van der Waals surface area (Å²) in [5, 5.41) is 32.9. The summed E-state index contributed by atoms with van der Waals surface area (Å²) < 4.78 is 0. The number of aliphatic hydroxyl groups is 4. The molecule has 4 heteroatoms. The van der Waals surface area contributed by atoms with Crippen LogP contribution in [-0.2, 0) is 0 Å². The van der Waals surface area contributed by atoms with Gasteiger partial charge in [0.25, 0.3) is 0 Å². The van der Waals surface area contributed by atoms with E-state index in [9.17, 15) is 0 Å². The lowest BCUT2D eigenvalue weighted by Crippen LogP contribution is -2.41. The summed E-state index contributed by atoms with van der Waals surface area (Å²) in [6, 6.07) is 0. The Morgan fingerprint density at radius 3 is 1.75 bits per heavy atom. The van der Waals surface area contributed by atoms with Gasteiger partial charge in [-0.2, -0.15) is 0 Å². The van der Waals surface area contributed by atoms with Crippen molar-refractivity contribution in [2.45, 2.75) is 25.4 Å². The second kappa shape index (κ2) is 2.41. The Kier molecular flexibility index (Phi) is 2.36. The minimum absolute atomic E-state index is 0.101. The quantitative estimate of drug-likeness (QED) is 0.332. The van der Waals surface area contributed by atoms with Crippen LogP contribution in [0.1, 0.15) is 13.3 Å². The molecule has 0 heterocycles. The first-order valence-corrected chi connectivity index (χ1v) is 2.33. The highest BCUT2D eigenvalue weighted by Crippen LogP contribution is 2.03. The van der Waals surface area contributed by atoms with Gasteiger partial charge in [-0.15, -0.1) is 0 Å². The van der Waals surface area contributed by atoms with E-state index in [4.69, 9.17) is 20.4 Å². The third-order valence-electron chi connectivity index (χ3n) is 0.834. The summed E-state index contributed by atoms with van der Waals surface area (Å²) in [6.07, 6.45) is -1.38. The average Bonchev–Trinajstić information content (AvgIpc) is 1.62. The van der Waals surface area contributed by atoms with Gasteiger partial charge in [-0.3, -0.25) is 0 Å². The van der Waals surface area contributed by atoms with Gasteiger partial charge >= 0.3 is 5.97 Å². The largest absolute Gasteiger partial charge is 0.385 e. The molecule has 0 saturated carbocycles. The maximum atomic E-state index is 8.44. The van der Waals surface area contributed by atoms with E-state index in [0.717, 1.165) is 0 Å². The summed E-state index contributed by atoms with van der Waals surface area (Å²) in [5.74, 6) is -2.94. The highest BCUT2D eigenvalue weighted by Gasteiger charge is 2.27. The highest BCUT2D eigenvalue weighted by molar-refractivity contribution is 4.58. The van der Waals surface area contributed by atoms with Crippen molar-refractivity contribution in [3.05, 3.63) is 0 Å². The van der Waals surface area contributed by atoms with Gasteiger partial charge in [0.2, 0.25) is 0 Å². The van der Waals surface area contributed by atoms with Gasteiger partial charge in [-0.25, -0.2) is 0 Å². The second-order valence-electron chi connectivity index (χ2n) is 1.61. The Bertz CT molecular complexity index is 64.9. The molecule has 0 aliphatic rings. The number of hydrogen-bond acceptors (Lipinski definition) is 4. The highest BCUT2D eigenvalue weighted by atomic mass is 16.7. The van der Waals surface area contributed by atoms with Crippen LogP contribution in [0.4, 0.5) is 0 Å². The molecule has 0 aliphatic heterocycles. The van der Waals surface area contributed by atoms with E-state index in [0.29, 0.717) is 0 Å². The van der Waals surface area contributed by atoms with Gasteiger partial charge < -0.3 is 20.4 Å². The molecule has 4 nitrogen and oxygen atoms in total. The molecular weight excluding hydrogens is 112 g/mol. The van der Waals surface area contributed by atoms with E-state index in [-0.39, 0.29) is 6.42 Å². The van der Waals surface area contributed by atoms with Crippen molar-refractivity contribution in [2.24, 2.45) is 0 Å². The van der Waals surface area contributed by atoms with Crippen molar-refractivity contribution < 1.29 is 20.4 Å². The van der Waals surface area contributed by atoms with Crippen LogP contribution in [0.2, 0.25) is 0 Å². The van der Waals surface area contributed by atoms with Crippen LogP contribution >= 0.6 is 0 Å². The van der Waals surface area contributed by atoms with Crippen LogP contribution in [0.5, 0.6) is 0 Å². The molecule has 0 unspecified atom stereocenters. The molecule has 0 radical (unpaired) electrons. The van der Waals surface area contributed by atoms with E-state index in [2.05, 4.69) is 0 Å². The molecule has 0 amide bonds. The number of aliphatic hydroxyl groups excluding tert-OH is 1. The van der Waals surface area contributed by atoms with Crippen LogP contribution in [0.15, 0.2) is 0 Å². The van der Waals surface area contributed by atoms with E-state index >= 15 is 0 Å². The van der Waals surface area contributed by atoms with Crippen molar-refractivity contribution in [1.29, 1.82) is 0 Å². The monoisotopic (exact) mass is 122 g/mol. The fraction of sp³-hybridized carbons (Fsp3) is 1.00. The van der Waals surface area contributed by atoms with Gasteiger partial charge in [0.15, 0.2) is 0 Å². The van der Waals surface area contributed by atoms with Crippen LogP contribution in [0.3, 0.4) is 0 Å². The number of hydrogen-bond donors (Lipinski definition) is 4. The average molecular weight is 122 g/mol. The molecule has 0 saturated heterocycles. The molecular formula is C4H10O4. The summed E-state index contributed by atoms with van der Waals surface area (Å²) in [5.41, 5.74) is 0. The molecule has 0 aromatic rings. The fourth-order valence-corrected chi connectivity index (χ4v) is 0.274. The van der Waals surface area contributed by atoms with Gasteiger partial charge in [0.05, 0.1) is 0 Å². The van der Waals surface area contributed by atoms with E-state index in [1.54, 1.807) is 0 Å². The fourth-order valence-electron chi connectivity index (χ4n) is 0.274. The lowest BCUT2D eigenvalue weighted by Gasteiger charge is -2.18. The SMILES string of the molecule is CC[C@H](O)C(O)(O)O. The summed E-state index contributed by atoms with van der Waals surface area (Å²) >= 11 is 0. The first-order valence-electron chi connectivity index (χ1n) is 2.33.